The summed E-state index contributed by atoms with van der Waals surface area (Å²) in [4.78, 5) is 18.9. The summed E-state index contributed by atoms with van der Waals surface area (Å²) in [6.45, 7) is 3.53. The molecule has 0 aliphatic heterocycles. The predicted molar refractivity (Wildman–Crippen MR) is 124 cm³/mol. The fourth-order valence-corrected chi connectivity index (χ4v) is 3.12. The largest absolute Gasteiger partial charge is 0.492 e. The number of anilines is 1. The molecule has 0 bridgehead atoms. The van der Waals surface area contributed by atoms with Crippen molar-refractivity contribution in [2.24, 2.45) is 4.99 Å². The lowest BCUT2D eigenvalue weighted by Crippen LogP contribution is -2.41. The van der Waals surface area contributed by atoms with E-state index >= 15 is 0 Å². The molecule has 0 unspecified atom stereocenters. The molecule has 0 atom stereocenters. The Kier molecular flexibility index (Phi) is 10.8. The van der Waals surface area contributed by atoms with E-state index in [2.05, 4.69) is 38.0 Å². The first-order valence-electron chi connectivity index (χ1n) is 8.53. The summed E-state index contributed by atoms with van der Waals surface area (Å²) in [5.41, 5.74) is 0.729. The summed E-state index contributed by atoms with van der Waals surface area (Å²) < 4.78 is 5.74. The summed E-state index contributed by atoms with van der Waals surface area (Å²) in [5.74, 6) is 1.47. The fraction of sp³-hybridized carbons (Fsp3) is 0.368. The van der Waals surface area contributed by atoms with Crippen LogP contribution in [0.4, 0.5) is 5.69 Å². The summed E-state index contributed by atoms with van der Waals surface area (Å²) in [6, 6.07) is 11.6. The van der Waals surface area contributed by atoms with Crippen LogP contribution in [0.25, 0.3) is 0 Å². The third-order valence-electron chi connectivity index (χ3n) is 3.66. The van der Waals surface area contributed by atoms with Crippen molar-refractivity contribution in [1.29, 1.82) is 0 Å². The van der Waals surface area contributed by atoms with Gasteiger partial charge < -0.3 is 20.3 Å². The molecule has 0 saturated carbocycles. The smallest absolute Gasteiger partial charge is 0.221 e. The van der Waals surface area contributed by atoms with Gasteiger partial charge in [0.05, 0.1) is 6.54 Å². The average Bonchev–Trinajstić information content (AvgIpc) is 3.13. The molecule has 2 aromatic rings. The first-order valence-corrected chi connectivity index (χ1v) is 9.41. The minimum Gasteiger partial charge on any atom is -0.492 e. The maximum atomic E-state index is 11.1. The van der Waals surface area contributed by atoms with Crippen molar-refractivity contribution in [1.82, 2.24) is 10.2 Å². The molecule has 1 aromatic heterocycles. The number of thiophene rings is 1. The van der Waals surface area contributed by atoms with Crippen LogP contribution in [0.5, 0.6) is 5.75 Å². The van der Waals surface area contributed by atoms with Gasteiger partial charge in [0, 0.05) is 44.2 Å². The topological polar surface area (TPSA) is 66.0 Å². The molecular weight excluding hydrogens is 475 g/mol. The first-order chi connectivity index (χ1) is 12.6. The van der Waals surface area contributed by atoms with Crippen LogP contribution in [-0.4, -0.2) is 50.6 Å². The number of halogens is 1. The number of guanidine groups is 1. The van der Waals surface area contributed by atoms with Gasteiger partial charge in [0.15, 0.2) is 5.96 Å². The average molecular weight is 502 g/mol. The first kappa shape index (κ1) is 23.2. The van der Waals surface area contributed by atoms with Gasteiger partial charge in [0.25, 0.3) is 0 Å². The van der Waals surface area contributed by atoms with Crippen LogP contribution >= 0.6 is 35.3 Å². The summed E-state index contributed by atoms with van der Waals surface area (Å²) in [6.07, 6.45) is 1.00. The zero-order valence-electron chi connectivity index (χ0n) is 15.9. The predicted octanol–water partition coefficient (Wildman–Crippen LogP) is 3.45. The molecule has 0 saturated heterocycles. The third-order valence-corrected chi connectivity index (χ3v) is 4.59. The van der Waals surface area contributed by atoms with Gasteiger partial charge in [0.1, 0.15) is 12.4 Å². The van der Waals surface area contributed by atoms with Crippen LogP contribution in [0.2, 0.25) is 0 Å². The van der Waals surface area contributed by atoms with Crippen molar-refractivity contribution in [3.05, 3.63) is 46.7 Å². The quantitative estimate of drug-likeness (QED) is 0.251. The Balaban J connectivity index is 0.00000364. The van der Waals surface area contributed by atoms with Crippen molar-refractivity contribution in [3.8, 4) is 5.75 Å². The molecule has 0 spiro atoms. The Morgan fingerprint density at radius 2 is 2.11 bits per heavy atom. The number of likely N-dealkylation sites (N-methyl/N-ethyl adjacent to an activating group) is 1. The highest BCUT2D eigenvalue weighted by Gasteiger charge is 2.06. The van der Waals surface area contributed by atoms with E-state index in [1.54, 1.807) is 18.4 Å². The molecule has 2 N–H and O–H groups in total. The number of amides is 1. The number of rotatable bonds is 8. The van der Waals surface area contributed by atoms with E-state index < -0.39 is 0 Å². The van der Waals surface area contributed by atoms with Crippen LogP contribution in [0.1, 0.15) is 11.8 Å². The number of aliphatic imine (C=N–C) groups is 1. The van der Waals surface area contributed by atoms with Gasteiger partial charge in [0.2, 0.25) is 5.91 Å². The Hall–Kier alpha value is -1.81. The minimum absolute atomic E-state index is 0. The highest BCUT2D eigenvalue weighted by atomic mass is 127. The van der Waals surface area contributed by atoms with Crippen LogP contribution in [-0.2, 0) is 11.2 Å². The molecule has 8 heteroatoms. The molecule has 1 aromatic carbocycles. The number of carbonyl (C=O) groups excluding carboxylic acids is 1. The molecule has 1 heterocycles. The van der Waals surface area contributed by atoms with Gasteiger partial charge in [-0.1, -0.05) is 12.1 Å². The Labute approximate surface area is 182 Å². The lowest BCUT2D eigenvalue weighted by molar-refractivity contribution is -0.114. The molecule has 2 rings (SSSR count). The van der Waals surface area contributed by atoms with Crippen molar-refractivity contribution in [3.63, 3.8) is 0 Å². The molecule has 1 amide bonds. The van der Waals surface area contributed by atoms with Crippen molar-refractivity contribution in [2.75, 3.05) is 39.1 Å². The van der Waals surface area contributed by atoms with Gasteiger partial charge in [-0.2, -0.15) is 0 Å². The second-order valence-corrected chi connectivity index (χ2v) is 6.81. The van der Waals surface area contributed by atoms with E-state index in [0.717, 1.165) is 30.4 Å². The number of hydrogen-bond donors (Lipinski definition) is 2. The summed E-state index contributed by atoms with van der Waals surface area (Å²) >= 11 is 1.77. The van der Waals surface area contributed by atoms with Gasteiger partial charge in [-0.15, -0.1) is 35.3 Å². The van der Waals surface area contributed by atoms with E-state index in [0.29, 0.717) is 13.2 Å². The second-order valence-electron chi connectivity index (χ2n) is 5.78. The lowest BCUT2D eigenvalue weighted by atomic mass is 10.3. The standard InChI is InChI=1S/C19H26N4O2S.HI/c1-15(24)22-16-6-4-7-17(14-16)25-12-10-21-19(20-2)23(3)11-9-18-8-5-13-26-18;/h4-8,13-14H,9-12H2,1-3H3,(H,20,21)(H,22,24);1H. The molecule has 148 valence electrons. The van der Waals surface area contributed by atoms with Crippen LogP contribution in [0, 0.1) is 0 Å². The van der Waals surface area contributed by atoms with Crippen molar-refractivity contribution < 1.29 is 9.53 Å². The highest BCUT2D eigenvalue weighted by Crippen LogP contribution is 2.17. The van der Waals surface area contributed by atoms with Gasteiger partial charge in [-0.25, -0.2) is 0 Å². The lowest BCUT2D eigenvalue weighted by Gasteiger charge is -2.21. The molecule has 0 aliphatic rings. The minimum atomic E-state index is -0.0989. The van der Waals surface area contributed by atoms with Crippen molar-refractivity contribution >= 4 is 52.9 Å². The zero-order valence-corrected chi connectivity index (χ0v) is 19.0. The van der Waals surface area contributed by atoms with E-state index in [4.69, 9.17) is 4.74 Å². The Morgan fingerprint density at radius 1 is 1.30 bits per heavy atom. The van der Waals surface area contributed by atoms with Crippen LogP contribution in [0.3, 0.4) is 0 Å². The van der Waals surface area contributed by atoms with E-state index in [-0.39, 0.29) is 29.9 Å². The molecule has 0 fully saturated rings. The second kappa shape index (κ2) is 12.6. The zero-order chi connectivity index (χ0) is 18.8. The van der Waals surface area contributed by atoms with E-state index in [1.807, 2.05) is 31.3 Å². The number of ether oxygens (including phenoxy) is 1. The highest BCUT2D eigenvalue weighted by molar-refractivity contribution is 14.0. The van der Waals surface area contributed by atoms with Gasteiger partial charge in [-0.05, 0) is 30.0 Å². The SMILES string of the molecule is CN=C(NCCOc1cccc(NC(C)=O)c1)N(C)CCc1cccs1.I. The van der Waals surface area contributed by atoms with Crippen LogP contribution in [0.15, 0.2) is 46.8 Å². The van der Waals surface area contributed by atoms with Gasteiger partial charge in [-0.3, -0.25) is 9.79 Å². The van der Waals surface area contributed by atoms with Crippen LogP contribution < -0.4 is 15.4 Å². The number of hydrogen-bond acceptors (Lipinski definition) is 4. The maximum Gasteiger partial charge on any atom is 0.221 e. The third kappa shape index (κ3) is 8.61. The number of benzene rings is 1. The Bertz CT molecular complexity index is 722. The summed E-state index contributed by atoms with van der Waals surface area (Å²) in [5, 5.41) is 8.14. The molecule has 0 aliphatic carbocycles. The maximum absolute atomic E-state index is 11.1. The normalized spacial score (nSPS) is 10.7. The fourth-order valence-electron chi connectivity index (χ4n) is 2.42. The Morgan fingerprint density at radius 3 is 2.78 bits per heavy atom. The monoisotopic (exact) mass is 502 g/mol. The molecule has 6 nitrogen and oxygen atoms in total. The van der Waals surface area contributed by atoms with Crippen molar-refractivity contribution in [2.45, 2.75) is 13.3 Å². The summed E-state index contributed by atoms with van der Waals surface area (Å²) in [7, 11) is 3.81. The molecular formula is C19H27IN4O2S. The number of carbonyl (C=O) groups is 1. The van der Waals surface area contributed by atoms with Gasteiger partial charge >= 0.3 is 0 Å². The molecule has 27 heavy (non-hydrogen) atoms. The molecule has 0 radical (unpaired) electrons. The number of nitrogens with one attached hydrogen (secondary N) is 2. The van der Waals surface area contributed by atoms with E-state index in [1.165, 1.54) is 11.8 Å². The van der Waals surface area contributed by atoms with E-state index in [9.17, 15) is 4.79 Å². The number of nitrogens with zero attached hydrogens (tertiary/aromatic N) is 2.